The quantitative estimate of drug-likeness (QED) is 0.154. The molecule has 18 heteroatoms. The Morgan fingerprint density at radius 3 is 2.32 bits per heavy atom. The van der Waals surface area contributed by atoms with Crippen LogP contribution in [0, 0.1) is 5.92 Å². The summed E-state index contributed by atoms with van der Waals surface area (Å²) in [6, 6.07) is 15.2. The molecule has 2 fully saturated rings. The van der Waals surface area contributed by atoms with Crippen molar-refractivity contribution < 1.29 is 46.9 Å². The Kier molecular flexibility index (Phi) is 15.1. The Labute approximate surface area is 374 Å². The van der Waals surface area contributed by atoms with Crippen LogP contribution in [0.15, 0.2) is 66.9 Å². The number of fused-ring (bicyclic) bond motifs is 2. The summed E-state index contributed by atoms with van der Waals surface area (Å²) in [4.78, 5) is 65.5. The van der Waals surface area contributed by atoms with Crippen LogP contribution in [0.5, 0.6) is 17.2 Å². The lowest BCUT2D eigenvalue weighted by atomic mass is 9.82. The van der Waals surface area contributed by atoms with Crippen molar-refractivity contribution in [3.05, 3.63) is 93.9 Å². The van der Waals surface area contributed by atoms with E-state index in [1.54, 1.807) is 47.5 Å². The van der Waals surface area contributed by atoms with Gasteiger partial charge in [0.05, 0.1) is 54.6 Å². The first-order chi connectivity index (χ1) is 29.8. The van der Waals surface area contributed by atoms with Gasteiger partial charge in [0.1, 0.15) is 23.1 Å². The summed E-state index contributed by atoms with van der Waals surface area (Å²) in [6.45, 7) is -0.366. The molecular formula is C45H51Cl2F3N6O7. The van der Waals surface area contributed by atoms with Gasteiger partial charge in [-0.05, 0) is 88.3 Å². The number of alkyl halides is 3. The first-order valence-corrected chi connectivity index (χ1v) is 21.3. The van der Waals surface area contributed by atoms with Crippen molar-refractivity contribution in [3.8, 4) is 28.5 Å². The second-order valence-electron chi connectivity index (χ2n) is 16.5. The van der Waals surface area contributed by atoms with Crippen molar-refractivity contribution in [3.63, 3.8) is 0 Å². The zero-order valence-electron chi connectivity index (χ0n) is 35.5. The van der Waals surface area contributed by atoms with Gasteiger partial charge < -0.3 is 39.2 Å². The fourth-order valence-corrected chi connectivity index (χ4v) is 8.36. The van der Waals surface area contributed by atoms with Crippen molar-refractivity contribution >= 4 is 46.7 Å². The summed E-state index contributed by atoms with van der Waals surface area (Å²) in [5.41, 5.74) is 1.53. The highest BCUT2D eigenvalue weighted by Crippen LogP contribution is 2.39. The summed E-state index contributed by atoms with van der Waals surface area (Å²) in [5.74, 6) is -2.73. The third-order valence-corrected chi connectivity index (χ3v) is 11.9. The van der Waals surface area contributed by atoms with Gasteiger partial charge in [-0.25, -0.2) is 4.98 Å². The molecule has 338 valence electrons. The molecule has 2 saturated heterocycles. The highest BCUT2D eigenvalue weighted by Gasteiger charge is 2.41. The fourth-order valence-electron chi connectivity index (χ4n) is 8.04. The molecule has 3 aromatic carbocycles. The number of imidazole rings is 1. The maximum absolute atomic E-state index is 14.3. The standard InChI is InChI=1S/C45H51Cl2F3N6O7/c1-28-37(58)18-31(25-57)43(61)52-44(21-29-6-10-32(46)11-7-29)16-5-17-55(26-44)41(59)14-15-42(60)56(28)23-35-38(62-27-45(48,49)50)19-33(47)20-39(35)63-34-12-8-30(9-13-34)36-22-51-40(54(36)4)24-53(2)3/h6-13,19-20,22,28,31,57H,5,14-18,21,23-27H2,1-4H3,(H,52,61)/t28-,31-,44+/m0/s1. The molecule has 3 amide bonds. The van der Waals surface area contributed by atoms with Gasteiger partial charge in [0.2, 0.25) is 17.7 Å². The topological polar surface area (TPSA) is 147 Å². The number of aliphatic hydroxyl groups is 1. The van der Waals surface area contributed by atoms with E-state index < -0.39 is 67.5 Å². The molecule has 63 heavy (non-hydrogen) atoms. The van der Waals surface area contributed by atoms with E-state index in [0.717, 1.165) is 33.6 Å². The molecule has 0 spiro atoms. The number of carbonyl (C=O) groups excluding carboxylic acids is 4. The highest BCUT2D eigenvalue weighted by molar-refractivity contribution is 6.31. The number of halogens is 5. The number of aliphatic hydroxyl groups excluding tert-OH is 1. The minimum atomic E-state index is -4.75. The van der Waals surface area contributed by atoms with Gasteiger partial charge >= 0.3 is 6.18 Å². The van der Waals surface area contributed by atoms with Gasteiger partial charge in [0, 0.05) is 61.1 Å². The third kappa shape index (κ3) is 12.1. The van der Waals surface area contributed by atoms with E-state index >= 15 is 0 Å². The third-order valence-electron chi connectivity index (χ3n) is 11.4. The Morgan fingerprint density at radius 2 is 1.65 bits per heavy atom. The zero-order valence-corrected chi connectivity index (χ0v) is 37.0. The molecule has 3 atom stereocenters. The van der Waals surface area contributed by atoms with E-state index in [0.29, 0.717) is 37.4 Å². The number of carbonyl (C=O) groups is 4. The second kappa shape index (κ2) is 20.1. The molecule has 13 nitrogen and oxygen atoms in total. The lowest BCUT2D eigenvalue weighted by Gasteiger charge is -2.44. The number of rotatable bonds is 12. The maximum atomic E-state index is 14.3. The van der Waals surface area contributed by atoms with Gasteiger partial charge in [-0.15, -0.1) is 0 Å². The Morgan fingerprint density at radius 1 is 0.968 bits per heavy atom. The van der Waals surface area contributed by atoms with Crippen LogP contribution in [0.1, 0.15) is 56.0 Å². The minimum absolute atomic E-state index is 0.0293. The van der Waals surface area contributed by atoms with Gasteiger partial charge in [-0.3, -0.25) is 19.2 Å². The molecule has 0 unspecified atom stereocenters. The van der Waals surface area contributed by atoms with E-state index in [-0.39, 0.29) is 53.1 Å². The molecule has 2 aliphatic rings. The SMILES string of the molecule is C[C@H]1C(=O)C[C@@H](CO)C(=O)N[C@@]2(Cc3ccc(Cl)cc3)CCCN(C2)C(=O)CCC(=O)N1Cc1c(OCC(F)(F)F)cc(Cl)cc1Oc1ccc(-c2cnc(CN(C)C)n2C)cc1. The predicted octanol–water partition coefficient (Wildman–Crippen LogP) is 6.99. The molecule has 2 aliphatic heterocycles. The maximum Gasteiger partial charge on any atom is 0.422 e. The summed E-state index contributed by atoms with van der Waals surface area (Å²) in [6.07, 6.45) is -2.68. The number of amides is 3. The van der Waals surface area contributed by atoms with Crippen LogP contribution < -0.4 is 14.8 Å². The first kappa shape index (κ1) is 47.3. The largest absolute Gasteiger partial charge is 0.484 e. The van der Waals surface area contributed by atoms with Gasteiger partial charge in [-0.2, -0.15) is 13.2 Å². The van der Waals surface area contributed by atoms with Crippen LogP contribution >= 0.6 is 23.2 Å². The summed E-state index contributed by atoms with van der Waals surface area (Å²) < 4.78 is 54.3. The normalized spacial score (nSPS) is 20.5. The van der Waals surface area contributed by atoms with Gasteiger partial charge in [-0.1, -0.05) is 35.3 Å². The second-order valence-corrected chi connectivity index (χ2v) is 17.4. The molecule has 1 aromatic heterocycles. The number of Topliss-reactive ketones (excluding diaryl/α,β-unsaturated/α-hetero) is 1. The molecule has 6 rings (SSSR count). The Balaban J connectivity index is 1.32. The van der Waals surface area contributed by atoms with E-state index in [9.17, 15) is 37.5 Å². The fraction of sp³-hybridized carbons (Fsp3) is 0.444. The van der Waals surface area contributed by atoms with E-state index in [2.05, 4.69) is 10.3 Å². The number of piperidine rings is 1. The average molecular weight is 916 g/mol. The number of ketones is 1. The average Bonchev–Trinajstić information content (AvgIpc) is 3.59. The smallest absolute Gasteiger partial charge is 0.422 e. The van der Waals surface area contributed by atoms with Crippen molar-refractivity contribution in [1.29, 1.82) is 0 Å². The van der Waals surface area contributed by atoms with Crippen molar-refractivity contribution in [2.45, 2.75) is 76.3 Å². The molecular weight excluding hydrogens is 864 g/mol. The number of nitrogens with zero attached hydrogens (tertiary/aromatic N) is 5. The molecule has 4 aromatic rings. The molecule has 3 heterocycles. The summed E-state index contributed by atoms with van der Waals surface area (Å²) in [5, 5.41) is 14.1. The van der Waals surface area contributed by atoms with E-state index in [4.69, 9.17) is 32.7 Å². The van der Waals surface area contributed by atoms with Gasteiger partial charge in [0.15, 0.2) is 12.4 Å². The van der Waals surface area contributed by atoms with Crippen molar-refractivity contribution in [2.75, 3.05) is 40.4 Å². The highest BCUT2D eigenvalue weighted by atomic mass is 35.5. The molecule has 0 aliphatic carbocycles. The summed E-state index contributed by atoms with van der Waals surface area (Å²) >= 11 is 12.6. The number of benzene rings is 3. The first-order valence-electron chi connectivity index (χ1n) is 20.6. The van der Waals surface area contributed by atoms with Crippen molar-refractivity contribution in [2.24, 2.45) is 13.0 Å². The van der Waals surface area contributed by atoms with Crippen LogP contribution in [0.2, 0.25) is 10.0 Å². The number of ether oxygens (including phenoxy) is 2. The molecule has 0 saturated carbocycles. The molecule has 2 bridgehead atoms. The lowest BCUT2D eigenvalue weighted by molar-refractivity contribution is -0.153. The van der Waals surface area contributed by atoms with Crippen LogP contribution in [0.25, 0.3) is 11.3 Å². The number of hydrogen-bond donors (Lipinski definition) is 2. The Bertz CT molecular complexity index is 2290. The van der Waals surface area contributed by atoms with Crippen LogP contribution in [0.4, 0.5) is 13.2 Å². The minimum Gasteiger partial charge on any atom is -0.484 e. The van der Waals surface area contributed by atoms with E-state index in [1.165, 1.54) is 13.0 Å². The number of aromatic nitrogens is 2. The monoisotopic (exact) mass is 914 g/mol. The lowest BCUT2D eigenvalue weighted by Crippen LogP contribution is -2.62. The van der Waals surface area contributed by atoms with Crippen LogP contribution in [-0.4, -0.2) is 111 Å². The molecule has 2 N–H and O–H groups in total. The molecule has 0 radical (unpaired) electrons. The number of hydrogen-bond acceptors (Lipinski definition) is 9. The van der Waals surface area contributed by atoms with Crippen molar-refractivity contribution in [1.82, 2.24) is 29.6 Å². The predicted molar refractivity (Wildman–Crippen MR) is 230 cm³/mol. The van der Waals surface area contributed by atoms with Crippen LogP contribution in [-0.2, 0) is 45.7 Å². The van der Waals surface area contributed by atoms with Gasteiger partial charge in [0.25, 0.3) is 0 Å². The summed E-state index contributed by atoms with van der Waals surface area (Å²) in [7, 11) is 5.78. The Hall–Kier alpha value is -5.16. The zero-order chi connectivity index (χ0) is 45.6. The number of nitrogens with one attached hydrogen (secondary N) is 1. The van der Waals surface area contributed by atoms with E-state index in [1.807, 2.05) is 42.7 Å². The van der Waals surface area contributed by atoms with Crippen LogP contribution in [0.3, 0.4) is 0 Å².